The number of rotatable bonds is 5. The van der Waals surface area contributed by atoms with E-state index in [1.807, 2.05) is 26.0 Å². The topological polar surface area (TPSA) is 81.8 Å². The normalized spacial score (nSPS) is 12.0. The van der Waals surface area contributed by atoms with Gasteiger partial charge in [0, 0.05) is 5.02 Å². The van der Waals surface area contributed by atoms with Crippen LogP contribution in [0.4, 0.5) is 4.39 Å². The molecule has 0 spiro atoms. The summed E-state index contributed by atoms with van der Waals surface area (Å²) in [6, 6.07) is 7.79. The lowest BCUT2D eigenvalue weighted by Crippen LogP contribution is -2.34. The third-order valence-electron chi connectivity index (χ3n) is 4.04. The minimum absolute atomic E-state index is 0.220. The highest BCUT2D eigenvalue weighted by Crippen LogP contribution is 2.20. The van der Waals surface area contributed by atoms with Crippen LogP contribution >= 0.6 is 11.6 Å². The molecule has 0 aliphatic rings. The van der Waals surface area contributed by atoms with Crippen LogP contribution in [0.3, 0.4) is 0 Å². The smallest absolute Gasteiger partial charge is 0.348 e. The molecule has 27 heavy (non-hydrogen) atoms. The van der Waals surface area contributed by atoms with Crippen molar-refractivity contribution < 1.29 is 9.18 Å². The lowest BCUT2D eigenvalue weighted by molar-refractivity contribution is -0.122. The number of amides is 1. The summed E-state index contributed by atoms with van der Waals surface area (Å²) in [7, 11) is 0. The second kappa shape index (κ2) is 7.71. The number of hydrogen-bond acceptors (Lipinski definition) is 4. The fourth-order valence-electron chi connectivity index (χ4n) is 2.56. The van der Waals surface area contributed by atoms with Crippen molar-refractivity contribution in [1.82, 2.24) is 24.6 Å². The van der Waals surface area contributed by atoms with Crippen LogP contribution in [-0.4, -0.2) is 25.2 Å². The fourth-order valence-corrected chi connectivity index (χ4v) is 2.67. The maximum Gasteiger partial charge on any atom is 0.352 e. The summed E-state index contributed by atoms with van der Waals surface area (Å²) in [6.45, 7) is 3.48. The van der Waals surface area contributed by atoms with E-state index in [1.54, 1.807) is 6.07 Å². The Morgan fingerprint density at radius 1 is 1.33 bits per heavy atom. The number of benzene rings is 1. The molecule has 0 bridgehead atoms. The first-order chi connectivity index (χ1) is 12.8. The first-order valence-electron chi connectivity index (χ1n) is 8.17. The van der Waals surface area contributed by atoms with Crippen molar-refractivity contribution in [2.24, 2.45) is 0 Å². The molecule has 0 fully saturated rings. The number of carbonyl (C=O) groups excluding carboxylic acids is 1. The molecule has 0 saturated heterocycles. The Morgan fingerprint density at radius 3 is 2.78 bits per heavy atom. The summed E-state index contributed by atoms with van der Waals surface area (Å²) in [6.07, 6.45) is 2.24. The number of carbonyl (C=O) groups is 1. The first kappa shape index (κ1) is 18.8. The summed E-state index contributed by atoms with van der Waals surface area (Å²) in [5.41, 5.74) is 1.27. The van der Waals surface area contributed by atoms with Gasteiger partial charge in [0.2, 0.25) is 5.91 Å². The van der Waals surface area contributed by atoms with Gasteiger partial charge < -0.3 is 5.32 Å². The summed E-state index contributed by atoms with van der Waals surface area (Å²) >= 11 is 6.02. The van der Waals surface area contributed by atoms with Crippen LogP contribution in [0.1, 0.15) is 24.1 Å². The quantitative estimate of drug-likeness (QED) is 0.726. The number of hydrogen-bond donors (Lipinski definition) is 1. The van der Waals surface area contributed by atoms with Gasteiger partial charge in [0.15, 0.2) is 0 Å². The van der Waals surface area contributed by atoms with Gasteiger partial charge in [0.25, 0.3) is 0 Å². The van der Waals surface area contributed by atoms with Gasteiger partial charge in [0.05, 0.1) is 12.2 Å². The molecule has 0 radical (unpaired) electrons. The molecule has 1 amide bonds. The molecule has 1 N–H and O–H groups in total. The van der Waals surface area contributed by atoms with Gasteiger partial charge in [-0.3, -0.25) is 4.79 Å². The molecule has 2 aromatic heterocycles. The number of aromatic nitrogens is 4. The fraction of sp³-hybridized carbons (Fsp3) is 0.222. The van der Waals surface area contributed by atoms with Crippen LogP contribution < -0.4 is 11.0 Å². The Balaban J connectivity index is 1.70. The van der Waals surface area contributed by atoms with Crippen molar-refractivity contribution in [2.75, 3.05) is 0 Å². The zero-order valence-corrected chi connectivity index (χ0v) is 15.4. The highest BCUT2D eigenvalue weighted by atomic mass is 35.5. The molecule has 3 aromatic rings. The third-order valence-corrected chi connectivity index (χ3v) is 4.47. The van der Waals surface area contributed by atoms with Gasteiger partial charge >= 0.3 is 5.69 Å². The average molecular weight is 390 g/mol. The lowest BCUT2D eigenvalue weighted by Gasteiger charge is -2.15. The molecule has 1 aromatic carbocycles. The minimum atomic E-state index is -0.542. The molecule has 0 unspecified atom stereocenters. The van der Waals surface area contributed by atoms with Crippen LogP contribution in [0.15, 0.2) is 47.7 Å². The Morgan fingerprint density at radius 2 is 2.11 bits per heavy atom. The Bertz CT molecular complexity index is 1030. The predicted octanol–water partition coefficient (Wildman–Crippen LogP) is 2.41. The number of aryl methyl sites for hydroxylation is 1. The third kappa shape index (κ3) is 4.22. The number of halogens is 2. The van der Waals surface area contributed by atoms with Crippen molar-refractivity contribution in [3.05, 3.63) is 75.3 Å². The molecular formula is C18H17ClFN5O2. The van der Waals surface area contributed by atoms with Gasteiger partial charge in [-0.15, -0.1) is 0 Å². The molecule has 0 saturated carbocycles. The maximum atomic E-state index is 13.0. The monoisotopic (exact) mass is 389 g/mol. The number of pyridine rings is 1. The van der Waals surface area contributed by atoms with E-state index in [0.29, 0.717) is 5.02 Å². The lowest BCUT2D eigenvalue weighted by atomic mass is 10.1. The summed E-state index contributed by atoms with van der Waals surface area (Å²) in [5.74, 6) is -0.655. The largest absolute Gasteiger partial charge is 0.352 e. The molecule has 9 heteroatoms. The van der Waals surface area contributed by atoms with Crippen molar-refractivity contribution >= 4 is 17.5 Å². The maximum absolute atomic E-state index is 13.0. The molecule has 140 valence electrons. The molecule has 0 aliphatic carbocycles. The zero-order valence-electron chi connectivity index (χ0n) is 14.7. The molecule has 2 heterocycles. The second-order valence-electron chi connectivity index (χ2n) is 6.07. The van der Waals surface area contributed by atoms with E-state index in [0.717, 1.165) is 26.6 Å². The van der Waals surface area contributed by atoms with Crippen LogP contribution in [0, 0.1) is 12.7 Å². The van der Waals surface area contributed by atoms with E-state index < -0.39 is 11.5 Å². The van der Waals surface area contributed by atoms with Crippen LogP contribution in [0.25, 0.3) is 5.82 Å². The van der Waals surface area contributed by atoms with Gasteiger partial charge in [-0.25, -0.2) is 23.4 Å². The van der Waals surface area contributed by atoms with E-state index in [1.165, 1.54) is 18.5 Å². The van der Waals surface area contributed by atoms with Gasteiger partial charge in [0.1, 0.15) is 24.5 Å². The van der Waals surface area contributed by atoms with Crippen molar-refractivity contribution in [1.29, 1.82) is 0 Å². The molecule has 1 atom stereocenters. The Labute approximate surface area is 159 Å². The first-order valence-corrected chi connectivity index (χ1v) is 8.55. The molecule has 0 aliphatic heterocycles. The van der Waals surface area contributed by atoms with Gasteiger partial charge in [-0.05, 0) is 43.2 Å². The molecule has 3 rings (SSSR count). The second-order valence-corrected chi connectivity index (χ2v) is 6.48. The SMILES string of the molecule is Cc1cc([C@H](C)NC(=O)Cn2ncn(-c3ccc(F)cn3)c2=O)ccc1Cl. The Hall–Kier alpha value is -3.00. The number of nitrogens with one attached hydrogen (secondary N) is 1. The minimum Gasteiger partial charge on any atom is -0.348 e. The van der Waals surface area contributed by atoms with Crippen molar-refractivity contribution in [3.8, 4) is 5.82 Å². The van der Waals surface area contributed by atoms with Crippen LogP contribution in [0.5, 0.6) is 0 Å². The van der Waals surface area contributed by atoms with Crippen molar-refractivity contribution in [3.63, 3.8) is 0 Å². The summed E-state index contributed by atoms with van der Waals surface area (Å²) in [4.78, 5) is 28.5. The van der Waals surface area contributed by atoms with Gasteiger partial charge in [-0.2, -0.15) is 5.10 Å². The summed E-state index contributed by atoms with van der Waals surface area (Å²) in [5, 5.41) is 7.39. The highest BCUT2D eigenvalue weighted by Gasteiger charge is 2.14. The van der Waals surface area contributed by atoms with E-state index in [2.05, 4.69) is 15.4 Å². The van der Waals surface area contributed by atoms with Crippen LogP contribution in [-0.2, 0) is 11.3 Å². The zero-order chi connectivity index (χ0) is 19.6. The van der Waals surface area contributed by atoms with Crippen molar-refractivity contribution in [2.45, 2.75) is 26.4 Å². The average Bonchev–Trinajstić information content (AvgIpc) is 2.98. The predicted molar refractivity (Wildman–Crippen MR) is 98.3 cm³/mol. The standard InChI is InChI=1S/C18H17ClFN5O2/c1-11-7-13(3-5-15(11)19)12(2)23-17(26)9-25-18(27)24(10-22-25)16-6-4-14(20)8-21-16/h3-8,10,12H,9H2,1-2H3,(H,23,26)/t12-/m0/s1. The van der Waals surface area contributed by atoms with Gasteiger partial charge in [-0.1, -0.05) is 23.7 Å². The highest BCUT2D eigenvalue weighted by molar-refractivity contribution is 6.31. The summed E-state index contributed by atoms with van der Waals surface area (Å²) < 4.78 is 15.1. The molecule has 7 nitrogen and oxygen atoms in total. The Kier molecular flexibility index (Phi) is 5.36. The number of nitrogens with zero attached hydrogens (tertiary/aromatic N) is 4. The van der Waals surface area contributed by atoms with Crippen LogP contribution in [0.2, 0.25) is 5.02 Å². The molecular weight excluding hydrogens is 373 g/mol. The van der Waals surface area contributed by atoms with E-state index in [4.69, 9.17) is 11.6 Å². The van der Waals surface area contributed by atoms with E-state index >= 15 is 0 Å². The van der Waals surface area contributed by atoms with E-state index in [-0.39, 0.29) is 24.3 Å². The van der Waals surface area contributed by atoms with E-state index in [9.17, 15) is 14.0 Å².